The number of nitrogens with zero attached hydrogens (tertiary/aromatic N) is 1. The zero-order valence-corrected chi connectivity index (χ0v) is 26.8. The van der Waals surface area contributed by atoms with Crippen LogP contribution in [0.2, 0.25) is 5.02 Å². The summed E-state index contributed by atoms with van der Waals surface area (Å²) >= 11 is 5.70. The van der Waals surface area contributed by atoms with Crippen LogP contribution >= 0.6 is 11.6 Å². The van der Waals surface area contributed by atoms with Gasteiger partial charge >= 0.3 is 0 Å². The molecule has 0 spiro atoms. The van der Waals surface area contributed by atoms with Crippen molar-refractivity contribution in [3.05, 3.63) is 82.4 Å². The third-order valence-corrected chi connectivity index (χ3v) is 7.53. The average molecular weight is 661 g/mol. The van der Waals surface area contributed by atoms with E-state index in [2.05, 4.69) is 5.32 Å². The summed E-state index contributed by atoms with van der Waals surface area (Å²) in [6.45, 7) is 2.64. The summed E-state index contributed by atoms with van der Waals surface area (Å²) in [6.07, 6.45) is 2.88. The van der Waals surface area contributed by atoms with Crippen LogP contribution in [-0.2, 0) is 20.7 Å². The minimum atomic E-state index is -0.629. The number of carbonyl (C=O) groups excluding carboxylic acids is 2. The molecule has 46 heavy (non-hydrogen) atoms. The van der Waals surface area contributed by atoms with Crippen LogP contribution in [0.25, 0.3) is 0 Å². The summed E-state index contributed by atoms with van der Waals surface area (Å²) in [5, 5.41) is 4.03. The van der Waals surface area contributed by atoms with Crippen molar-refractivity contribution in [3.63, 3.8) is 0 Å². The maximum absolute atomic E-state index is 13.7. The van der Waals surface area contributed by atoms with Crippen molar-refractivity contribution in [2.45, 2.75) is 18.9 Å². The quantitative estimate of drug-likeness (QED) is 0.171. The zero-order chi connectivity index (χ0) is 33.8. The molecule has 14 heteroatoms. The van der Waals surface area contributed by atoms with Crippen molar-refractivity contribution >= 4 is 30.0 Å². The van der Waals surface area contributed by atoms with Gasteiger partial charge in [-0.25, -0.2) is 10.2 Å². The predicted molar refractivity (Wildman–Crippen MR) is 171 cm³/mol. The molecule has 0 radical (unpaired) electrons. The second kappa shape index (κ2) is 17.1. The van der Waals surface area contributed by atoms with Gasteiger partial charge in [0.2, 0.25) is 12.5 Å². The molecule has 1 amide bonds. The van der Waals surface area contributed by atoms with E-state index in [-0.39, 0.29) is 35.2 Å². The van der Waals surface area contributed by atoms with E-state index in [0.717, 1.165) is 35.0 Å². The van der Waals surface area contributed by atoms with Crippen molar-refractivity contribution in [2.75, 3.05) is 46.8 Å². The molecule has 5 rings (SSSR count). The van der Waals surface area contributed by atoms with E-state index in [0.29, 0.717) is 35.4 Å². The molecule has 2 atom stereocenters. The lowest BCUT2D eigenvalue weighted by Crippen LogP contribution is -2.40. The first-order valence-electron chi connectivity index (χ1n) is 13.9. The molecular weight excluding hydrogens is 623 g/mol. The van der Waals surface area contributed by atoms with Crippen molar-refractivity contribution in [2.24, 2.45) is 17.5 Å². The van der Waals surface area contributed by atoms with Gasteiger partial charge in [-0.15, -0.1) is 0 Å². The molecule has 1 heterocycles. The normalized spacial score (nSPS) is 16.0. The Kier molecular flexibility index (Phi) is 13.3. The molecule has 2 aliphatic rings. The molecule has 0 aromatic heterocycles. The lowest BCUT2D eigenvalue weighted by Gasteiger charge is -2.34. The number of aryl methyl sites for hydroxylation is 1. The van der Waals surface area contributed by atoms with Gasteiger partial charge in [0.15, 0.2) is 23.0 Å². The number of ether oxygens (including phenoxy) is 6. The first-order chi connectivity index (χ1) is 22.2. The van der Waals surface area contributed by atoms with Crippen LogP contribution in [0.15, 0.2) is 60.4 Å². The maximum Gasteiger partial charge on any atom is 0.269 e. The number of hydrazine groups is 1. The summed E-state index contributed by atoms with van der Waals surface area (Å²) in [6, 6.07) is 13.0. The number of fused-ring (bicyclic) bond motifs is 2. The Hall–Kier alpha value is -4.72. The van der Waals surface area contributed by atoms with Crippen LogP contribution in [0.3, 0.4) is 0 Å². The van der Waals surface area contributed by atoms with Gasteiger partial charge < -0.3 is 44.3 Å². The summed E-state index contributed by atoms with van der Waals surface area (Å²) in [7, 11) is 6.40. The SMILES string of the molecule is C=O.COCC1CCc2cc3c(cc2C1NC(=O)/C(N)=C/N(N)c1ccc(Cl)c(F)c1)OCO3.COc1cccc(OC)c1OC. The number of anilines is 1. The summed E-state index contributed by atoms with van der Waals surface area (Å²) < 4.78 is 45.3. The van der Waals surface area contributed by atoms with Gasteiger partial charge in [-0.3, -0.25) is 9.80 Å². The number of halogens is 2. The molecule has 0 saturated heterocycles. The van der Waals surface area contributed by atoms with Gasteiger partial charge in [-0.1, -0.05) is 17.7 Å². The highest BCUT2D eigenvalue weighted by Gasteiger charge is 2.33. The first kappa shape index (κ1) is 35.8. The standard InChI is InChI=1S/C22H24ClFN4O4.C9H12O3.CH2O/c1-30-10-13-3-2-12-6-19-20(32-11-31-19)8-15(12)21(13)27-22(29)18(25)9-28(26)14-4-5-16(23)17(24)7-14;1-10-7-5-4-6-8(11-2)9(7)12-3;1-2/h4-9,13,21H,2-3,10-11,25-26H2,1H3,(H,27,29);4-6H,1-3H3;1H2/b18-9-;;. The lowest BCUT2D eigenvalue weighted by molar-refractivity contribution is -0.119. The van der Waals surface area contributed by atoms with E-state index in [1.807, 2.05) is 37.1 Å². The van der Waals surface area contributed by atoms with Crippen LogP contribution in [-0.4, -0.2) is 54.5 Å². The predicted octanol–water partition coefficient (Wildman–Crippen LogP) is 4.28. The van der Waals surface area contributed by atoms with Crippen LogP contribution in [0, 0.1) is 11.7 Å². The van der Waals surface area contributed by atoms with E-state index in [4.69, 9.17) is 56.4 Å². The summed E-state index contributed by atoms with van der Waals surface area (Å²) in [5.74, 6) is 8.17. The fraction of sp³-hybridized carbons (Fsp3) is 0.312. The van der Waals surface area contributed by atoms with Gasteiger partial charge in [0.1, 0.15) is 18.3 Å². The van der Waals surface area contributed by atoms with Crippen molar-refractivity contribution in [3.8, 4) is 28.7 Å². The molecule has 1 aliphatic heterocycles. The van der Waals surface area contributed by atoms with Crippen molar-refractivity contribution < 1.29 is 42.4 Å². The molecule has 0 saturated carbocycles. The van der Waals surface area contributed by atoms with Crippen LogP contribution in [0.5, 0.6) is 28.7 Å². The number of rotatable bonds is 9. The minimum absolute atomic E-state index is 0.0298. The third kappa shape index (κ3) is 8.50. The topological polar surface area (TPSA) is 157 Å². The highest BCUT2D eigenvalue weighted by Crippen LogP contribution is 2.42. The lowest BCUT2D eigenvalue weighted by atomic mass is 9.79. The maximum atomic E-state index is 13.7. The third-order valence-electron chi connectivity index (χ3n) is 7.22. The van der Waals surface area contributed by atoms with Gasteiger partial charge in [0, 0.05) is 25.3 Å². The Labute approximate surface area is 271 Å². The molecule has 5 N–H and O–H groups in total. The zero-order valence-electron chi connectivity index (χ0n) is 26.0. The number of hydrogen-bond acceptors (Lipinski definition) is 11. The Bertz CT molecular complexity index is 1500. The number of benzene rings is 3. The molecule has 1 aliphatic carbocycles. The number of nitrogens with one attached hydrogen (secondary N) is 1. The van der Waals surface area contributed by atoms with E-state index in [1.54, 1.807) is 28.4 Å². The van der Waals surface area contributed by atoms with Crippen LogP contribution < -0.4 is 45.6 Å². The monoisotopic (exact) mass is 660 g/mol. The number of para-hydroxylation sites is 1. The molecule has 3 aromatic rings. The Morgan fingerprint density at radius 1 is 1.07 bits per heavy atom. The van der Waals surface area contributed by atoms with E-state index in [9.17, 15) is 9.18 Å². The number of amides is 1. The Morgan fingerprint density at radius 3 is 2.30 bits per heavy atom. The van der Waals surface area contributed by atoms with Crippen LogP contribution in [0.1, 0.15) is 23.6 Å². The smallest absolute Gasteiger partial charge is 0.269 e. The van der Waals surface area contributed by atoms with Crippen molar-refractivity contribution in [1.29, 1.82) is 0 Å². The van der Waals surface area contributed by atoms with Gasteiger partial charge in [-0.05, 0) is 60.4 Å². The fourth-order valence-electron chi connectivity index (χ4n) is 5.03. The molecule has 12 nitrogen and oxygen atoms in total. The first-order valence-corrected chi connectivity index (χ1v) is 14.3. The van der Waals surface area contributed by atoms with Crippen LogP contribution in [0.4, 0.5) is 10.1 Å². The average Bonchev–Trinajstić information content (AvgIpc) is 3.54. The van der Waals surface area contributed by atoms with Crippen molar-refractivity contribution in [1.82, 2.24) is 5.32 Å². The fourth-order valence-corrected chi connectivity index (χ4v) is 5.15. The Balaban J connectivity index is 0.000000345. The highest BCUT2D eigenvalue weighted by molar-refractivity contribution is 6.30. The summed E-state index contributed by atoms with van der Waals surface area (Å²) in [4.78, 5) is 20.9. The van der Waals surface area contributed by atoms with E-state index in [1.165, 1.54) is 18.3 Å². The minimum Gasteiger partial charge on any atom is -0.493 e. The number of carbonyl (C=O) groups is 2. The Morgan fingerprint density at radius 2 is 1.72 bits per heavy atom. The largest absolute Gasteiger partial charge is 0.493 e. The molecule has 0 bridgehead atoms. The molecular formula is C32H38ClFN4O8. The second-order valence-electron chi connectivity index (χ2n) is 9.90. The van der Waals surface area contributed by atoms with E-state index < -0.39 is 11.7 Å². The number of methoxy groups -OCH3 is 4. The summed E-state index contributed by atoms with van der Waals surface area (Å²) in [5.41, 5.74) is 8.17. The molecule has 248 valence electrons. The molecule has 0 fully saturated rings. The van der Waals surface area contributed by atoms with E-state index >= 15 is 0 Å². The van der Waals surface area contributed by atoms with Gasteiger partial charge in [-0.2, -0.15) is 0 Å². The van der Waals surface area contributed by atoms with Gasteiger partial charge in [0.05, 0.1) is 44.7 Å². The molecule has 2 unspecified atom stereocenters. The highest BCUT2D eigenvalue weighted by atomic mass is 35.5. The number of nitrogens with two attached hydrogens (primary N) is 2. The molecule has 3 aromatic carbocycles. The second-order valence-corrected chi connectivity index (χ2v) is 10.3. The number of hydrogen-bond donors (Lipinski definition) is 3. The van der Waals surface area contributed by atoms with Gasteiger partial charge in [0.25, 0.3) is 5.91 Å².